The summed E-state index contributed by atoms with van der Waals surface area (Å²) in [6.07, 6.45) is 3.31. The van der Waals surface area contributed by atoms with Crippen LogP contribution < -0.4 is 5.76 Å². The largest absolute Gasteiger partial charge is 0.438 e. The average Bonchev–Trinajstić information content (AvgIpc) is 3.32. The molecule has 1 aromatic carbocycles. The molecular formula is C18H19N3O2S. The number of likely N-dealkylation sites (tertiary alicyclic amines) is 1. The lowest BCUT2D eigenvalue weighted by molar-refractivity contribution is 0.183. The van der Waals surface area contributed by atoms with Crippen LogP contribution >= 0.6 is 11.3 Å². The van der Waals surface area contributed by atoms with E-state index in [2.05, 4.69) is 34.3 Å². The standard InChI is InChI=1S/C18H19N3O2S/c22-18-21(19-17(23-18)16-9-5-11-24-16)13-20-10-4-8-15(20)12-14-6-2-1-3-7-14/h1-3,5-7,9,11,15H,4,8,10,12-13H2. The van der Waals surface area contributed by atoms with E-state index < -0.39 is 0 Å². The van der Waals surface area contributed by atoms with E-state index >= 15 is 0 Å². The summed E-state index contributed by atoms with van der Waals surface area (Å²) in [6, 6.07) is 14.8. The number of nitrogens with zero attached hydrogens (tertiary/aromatic N) is 3. The molecule has 0 amide bonds. The molecule has 0 bridgehead atoms. The second-order valence-electron chi connectivity index (χ2n) is 6.09. The van der Waals surface area contributed by atoms with Crippen LogP contribution in [0, 0.1) is 0 Å². The maximum atomic E-state index is 12.1. The van der Waals surface area contributed by atoms with Crippen molar-refractivity contribution in [1.82, 2.24) is 14.7 Å². The van der Waals surface area contributed by atoms with Gasteiger partial charge in [0.2, 0.25) is 0 Å². The van der Waals surface area contributed by atoms with Gasteiger partial charge >= 0.3 is 5.76 Å². The topological polar surface area (TPSA) is 51.3 Å². The Labute approximate surface area is 144 Å². The minimum Gasteiger partial charge on any atom is -0.387 e. The average molecular weight is 341 g/mol. The Morgan fingerprint density at radius 2 is 2.08 bits per heavy atom. The fraction of sp³-hybridized carbons (Fsp3) is 0.333. The zero-order valence-electron chi connectivity index (χ0n) is 13.3. The highest BCUT2D eigenvalue weighted by Gasteiger charge is 2.26. The van der Waals surface area contributed by atoms with E-state index in [1.54, 1.807) is 0 Å². The van der Waals surface area contributed by atoms with Crippen molar-refractivity contribution in [3.05, 3.63) is 64.0 Å². The second-order valence-corrected chi connectivity index (χ2v) is 7.04. The molecule has 0 radical (unpaired) electrons. The zero-order chi connectivity index (χ0) is 16.4. The molecule has 3 aromatic rings. The molecule has 0 aliphatic carbocycles. The minimum absolute atomic E-state index is 0.385. The van der Waals surface area contributed by atoms with Gasteiger partial charge in [0.05, 0.1) is 4.88 Å². The van der Waals surface area contributed by atoms with Crippen LogP contribution in [0.3, 0.4) is 0 Å². The Morgan fingerprint density at radius 1 is 1.21 bits per heavy atom. The first kappa shape index (κ1) is 15.4. The quantitative estimate of drug-likeness (QED) is 0.715. The molecule has 4 rings (SSSR count). The van der Waals surface area contributed by atoms with Gasteiger partial charge in [-0.25, -0.2) is 4.79 Å². The normalized spacial score (nSPS) is 18.2. The Kier molecular flexibility index (Phi) is 4.32. The highest BCUT2D eigenvalue weighted by atomic mass is 32.1. The van der Waals surface area contributed by atoms with Crippen LogP contribution in [0.1, 0.15) is 18.4 Å². The number of aromatic nitrogens is 2. The van der Waals surface area contributed by atoms with Crippen molar-refractivity contribution < 1.29 is 4.42 Å². The molecular weight excluding hydrogens is 322 g/mol. The van der Waals surface area contributed by atoms with E-state index in [4.69, 9.17) is 4.42 Å². The molecule has 124 valence electrons. The summed E-state index contributed by atoms with van der Waals surface area (Å²) in [5.74, 6) is 0.0255. The molecule has 1 aliphatic heterocycles. The van der Waals surface area contributed by atoms with Crippen molar-refractivity contribution in [3.63, 3.8) is 0 Å². The molecule has 1 atom stereocenters. The van der Waals surface area contributed by atoms with Crippen molar-refractivity contribution in [2.75, 3.05) is 6.54 Å². The third kappa shape index (κ3) is 3.20. The van der Waals surface area contributed by atoms with Crippen LogP contribution in [0.2, 0.25) is 0 Å². The monoisotopic (exact) mass is 341 g/mol. The summed E-state index contributed by atoms with van der Waals surface area (Å²) < 4.78 is 6.75. The van der Waals surface area contributed by atoms with Gasteiger partial charge in [0.25, 0.3) is 5.89 Å². The Bertz CT molecular complexity index is 839. The SMILES string of the molecule is O=c1oc(-c2cccs2)nn1CN1CCCC1Cc1ccccc1. The van der Waals surface area contributed by atoms with Gasteiger partial charge in [0.15, 0.2) is 0 Å². The molecule has 0 saturated carbocycles. The van der Waals surface area contributed by atoms with Crippen molar-refractivity contribution in [2.24, 2.45) is 0 Å². The molecule has 1 unspecified atom stereocenters. The number of rotatable bonds is 5. The van der Waals surface area contributed by atoms with Gasteiger partial charge in [-0.1, -0.05) is 36.4 Å². The fourth-order valence-corrected chi connectivity index (χ4v) is 3.91. The molecule has 1 saturated heterocycles. The van der Waals surface area contributed by atoms with Crippen LogP contribution in [-0.4, -0.2) is 27.3 Å². The van der Waals surface area contributed by atoms with Gasteiger partial charge in [-0.05, 0) is 36.3 Å². The first-order valence-corrected chi connectivity index (χ1v) is 9.07. The summed E-state index contributed by atoms with van der Waals surface area (Å²) in [4.78, 5) is 15.3. The lowest BCUT2D eigenvalue weighted by Crippen LogP contribution is -2.36. The lowest BCUT2D eigenvalue weighted by atomic mass is 10.0. The van der Waals surface area contributed by atoms with Gasteiger partial charge in [-0.15, -0.1) is 16.4 Å². The van der Waals surface area contributed by atoms with Gasteiger partial charge < -0.3 is 4.42 Å². The van der Waals surface area contributed by atoms with Crippen LogP contribution in [-0.2, 0) is 13.1 Å². The summed E-state index contributed by atoms with van der Waals surface area (Å²) in [5, 5.41) is 6.31. The first-order chi connectivity index (χ1) is 11.8. The van der Waals surface area contributed by atoms with E-state index in [9.17, 15) is 4.79 Å². The smallest absolute Gasteiger partial charge is 0.387 e. The molecule has 3 heterocycles. The van der Waals surface area contributed by atoms with Crippen LogP contribution in [0.15, 0.2) is 57.1 Å². The van der Waals surface area contributed by atoms with Gasteiger partial charge in [0, 0.05) is 12.6 Å². The highest BCUT2D eigenvalue weighted by molar-refractivity contribution is 7.13. The molecule has 0 spiro atoms. The first-order valence-electron chi connectivity index (χ1n) is 8.19. The van der Waals surface area contributed by atoms with Gasteiger partial charge in [0.1, 0.15) is 6.67 Å². The number of thiophene rings is 1. The Hall–Kier alpha value is -2.18. The Morgan fingerprint density at radius 3 is 2.88 bits per heavy atom. The van der Waals surface area contributed by atoms with Crippen molar-refractivity contribution in [3.8, 4) is 10.8 Å². The maximum absolute atomic E-state index is 12.1. The maximum Gasteiger partial charge on any atom is 0.438 e. The summed E-state index contributed by atoms with van der Waals surface area (Å²) >= 11 is 1.52. The molecule has 6 heteroatoms. The third-order valence-corrected chi connectivity index (χ3v) is 5.32. The fourth-order valence-electron chi connectivity index (χ4n) is 3.27. The number of hydrogen-bond acceptors (Lipinski definition) is 5. The van der Waals surface area contributed by atoms with Crippen molar-refractivity contribution >= 4 is 11.3 Å². The molecule has 0 N–H and O–H groups in total. The third-order valence-electron chi connectivity index (χ3n) is 4.47. The van der Waals surface area contributed by atoms with Crippen LogP contribution in [0.5, 0.6) is 0 Å². The summed E-state index contributed by atoms with van der Waals surface area (Å²) in [6.45, 7) is 1.48. The molecule has 24 heavy (non-hydrogen) atoms. The second kappa shape index (κ2) is 6.75. The predicted octanol–water partition coefficient (Wildman–Crippen LogP) is 3.23. The van der Waals surface area contributed by atoms with E-state index in [-0.39, 0.29) is 5.76 Å². The molecule has 5 nitrogen and oxygen atoms in total. The van der Waals surface area contributed by atoms with Gasteiger partial charge in [-0.3, -0.25) is 4.90 Å². The van der Waals surface area contributed by atoms with E-state index in [1.807, 2.05) is 23.6 Å². The van der Waals surface area contributed by atoms with Crippen molar-refractivity contribution in [2.45, 2.75) is 32.0 Å². The zero-order valence-corrected chi connectivity index (χ0v) is 14.1. The minimum atomic E-state index is -0.385. The Balaban J connectivity index is 1.49. The number of benzene rings is 1. The predicted molar refractivity (Wildman–Crippen MR) is 94.0 cm³/mol. The molecule has 2 aromatic heterocycles. The lowest BCUT2D eigenvalue weighted by Gasteiger charge is -2.23. The summed E-state index contributed by atoms with van der Waals surface area (Å²) in [7, 11) is 0. The molecule has 1 fully saturated rings. The molecule has 1 aliphatic rings. The van der Waals surface area contributed by atoms with Crippen LogP contribution in [0.4, 0.5) is 0 Å². The highest BCUT2D eigenvalue weighted by Crippen LogP contribution is 2.23. The summed E-state index contributed by atoms with van der Waals surface area (Å²) in [5.41, 5.74) is 1.33. The number of hydrogen-bond donors (Lipinski definition) is 0. The van der Waals surface area contributed by atoms with Crippen LogP contribution in [0.25, 0.3) is 10.8 Å². The van der Waals surface area contributed by atoms with E-state index in [1.165, 1.54) is 21.6 Å². The van der Waals surface area contributed by atoms with Gasteiger partial charge in [-0.2, -0.15) is 4.68 Å². The van der Waals surface area contributed by atoms with Crippen molar-refractivity contribution in [1.29, 1.82) is 0 Å². The van der Waals surface area contributed by atoms with E-state index in [0.29, 0.717) is 18.6 Å². The van der Waals surface area contributed by atoms with E-state index in [0.717, 1.165) is 30.7 Å².